The summed E-state index contributed by atoms with van der Waals surface area (Å²) in [5.74, 6) is -0.798. The standard InChI is InChI=1S/C15H13BrF2O3/c1-19-12-6-4-11(17)15(18)10(12)8-21-14-7-9(16)3-5-13(14)20-2/h3-7H,8H2,1-2H3. The quantitative estimate of drug-likeness (QED) is 0.796. The Morgan fingerprint density at radius 1 is 0.952 bits per heavy atom. The molecule has 0 aliphatic carbocycles. The van der Waals surface area contributed by atoms with Gasteiger partial charge in [-0.1, -0.05) is 15.9 Å². The molecule has 0 aliphatic heterocycles. The predicted molar refractivity (Wildman–Crippen MR) is 77.9 cm³/mol. The van der Waals surface area contributed by atoms with E-state index in [1.807, 2.05) is 0 Å². The summed E-state index contributed by atoms with van der Waals surface area (Å²) in [4.78, 5) is 0. The summed E-state index contributed by atoms with van der Waals surface area (Å²) in [6.45, 7) is -0.181. The van der Waals surface area contributed by atoms with Crippen LogP contribution < -0.4 is 14.2 Å². The van der Waals surface area contributed by atoms with Crippen LogP contribution in [-0.2, 0) is 6.61 Å². The van der Waals surface area contributed by atoms with Crippen molar-refractivity contribution in [2.75, 3.05) is 14.2 Å². The Kier molecular flexibility index (Phi) is 5.01. The summed E-state index contributed by atoms with van der Waals surface area (Å²) >= 11 is 3.31. The molecule has 0 unspecified atom stereocenters. The number of methoxy groups -OCH3 is 2. The monoisotopic (exact) mass is 358 g/mol. The van der Waals surface area contributed by atoms with Crippen LogP contribution in [0.2, 0.25) is 0 Å². The lowest BCUT2D eigenvalue weighted by Crippen LogP contribution is -2.04. The lowest BCUT2D eigenvalue weighted by Gasteiger charge is -2.14. The zero-order valence-electron chi connectivity index (χ0n) is 11.5. The fourth-order valence-electron chi connectivity index (χ4n) is 1.81. The van der Waals surface area contributed by atoms with Crippen molar-refractivity contribution in [2.24, 2.45) is 0 Å². The first-order valence-electron chi connectivity index (χ1n) is 6.04. The Labute approximate surface area is 129 Å². The molecule has 21 heavy (non-hydrogen) atoms. The van der Waals surface area contributed by atoms with E-state index >= 15 is 0 Å². The van der Waals surface area contributed by atoms with E-state index in [9.17, 15) is 8.78 Å². The van der Waals surface area contributed by atoms with Crippen molar-refractivity contribution in [2.45, 2.75) is 6.61 Å². The molecule has 2 aromatic carbocycles. The van der Waals surface area contributed by atoms with Crippen LogP contribution in [-0.4, -0.2) is 14.2 Å². The van der Waals surface area contributed by atoms with Crippen LogP contribution in [0, 0.1) is 11.6 Å². The second-order valence-corrected chi connectivity index (χ2v) is 5.04. The van der Waals surface area contributed by atoms with Gasteiger partial charge in [-0.25, -0.2) is 8.78 Å². The molecule has 0 aromatic heterocycles. The molecule has 0 spiro atoms. The first kappa shape index (κ1) is 15.6. The van der Waals surface area contributed by atoms with Gasteiger partial charge in [0.25, 0.3) is 0 Å². The van der Waals surface area contributed by atoms with Crippen molar-refractivity contribution < 1.29 is 23.0 Å². The van der Waals surface area contributed by atoms with Crippen LogP contribution in [0.1, 0.15) is 5.56 Å². The summed E-state index contributed by atoms with van der Waals surface area (Å²) < 4.78 is 43.6. The maximum atomic E-state index is 13.8. The molecule has 2 aromatic rings. The van der Waals surface area contributed by atoms with Gasteiger partial charge in [-0.3, -0.25) is 0 Å². The van der Waals surface area contributed by atoms with E-state index < -0.39 is 11.6 Å². The highest BCUT2D eigenvalue weighted by atomic mass is 79.9. The van der Waals surface area contributed by atoms with Gasteiger partial charge in [-0.05, 0) is 30.3 Å². The Bertz CT molecular complexity index is 647. The molecule has 112 valence electrons. The average molecular weight is 359 g/mol. The minimum atomic E-state index is -0.983. The topological polar surface area (TPSA) is 27.7 Å². The second kappa shape index (κ2) is 6.76. The molecular weight excluding hydrogens is 346 g/mol. The summed E-state index contributed by atoms with van der Waals surface area (Å²) in [7, 11) is 2.88. The van der Waals surface area contributed by atoms with Crippen molar-refractivity contribution in [3.63, 3.8) is 0 Å². The fourth-order valence-corrected chi connectivity index (χ4v) is 2.15. The third kappa shape index (κ3) is 3.44. The van der Waals surface area contributed by atoms with E-state index in [0.29, 0.717) is 11.5 Å². The Morgan fingerprint density at radius 2 is 1.62 bits per heavy atom. The highest BCUT2D eigenvalue weighted by Crippen LogP contribution is 2.32. The van der Waals surface area contributed by atoms with Gasteiger partial charge in [0.05, 0.1) is 19.8 Å². The smallest absolute Gasteiger partial charge is 0.169 e. The molecule has 0 atom stereocenters. The molecule has 0 radical (unpaired) electrons. The lowest BCUT2D eigenvalue weighted by atomic mass is 10.2. The van der Waals surface area contributed by atoms with E-state index in [1.54, 1.807) is 18.2 Å². The van der Waals surface area contributed by atoms with Gasteiger partial charge in [0.15, 0.2) is 23.1 Å². The molecule has 3 nitrogen and oxygen atoms in total. The Morgan fingerprint density at radius 3 is 2.29 bits per heavy atom. The van der Waals surface area contributed by atoms with E-state index in [1.165, 1.54) is 20.3 Å². The number of benzene rings is 2. The van der Waals surface area contributed by atoms with Crippen molar-refractivity contribution in [3.05, 3.63) is 52.0 Å². The number of hydrogen-bond acceptors (Lipinski definition) is 3. The molecule has 6 heteroatoms. The normalized spacial score (nSPS) is 10.3. The van der Waals surface area contributed by atoms with E-state index in [4.69, 9.17) is 14.2 Å². The summed E-state index contributed by atoms with van der Waals surface area (Å²) in [6.07, 6.45) is 0. The van der Waals surface area contributed by atoms with Crippen molar-refractivity contribution >= 4 is 15.9 Å². The van der Waals surface area contributed by atoms with Crippen LogP contribution in [0.3, 0.4) is 0 Å². The zero-order chi connectivity index (χ0) is 15.4. The molecule has 0 fully saturated rings. The molecule has 0 N–H and O–H groups in total. The number of hydrogen-bond donors (Lipinski definition) is 0. The molecule has 0 aliphatic rings. The van der Waals surface area contributed by atoms with Gasteiger partial charge < -0.3 is 14.2 Å². The molecule has 0 bridgehead atoms. The second-order valence-electron chi connectivity index (χ2n) is 4.13. The van der Waals surface area contributed by atoms with Gasteiger partial charge in [0.2, 0.25) is 0 Å². The van der Waals surface area contributed by atoms with Crippen molar-refractivity contribution in [1.82, 2.24) is 0 Å². The van der Waals surface area contributed by atoms with Gasteiger partial charge in [-0.15, -0.1) is 0 Å². The third-order valence-corrected chi connectivity index (χ3v) is 3.36. The summed E-state index contributed by atoms with van der Waals surface area (Å²) in [5.41, 5.74) is 0.0135. The number of halogens is 3. The molecule has 0 saturated heterocycles. The average Bonchev–Trinajstić information content (AvgIpc) is 2.49. The first-order valence-corrected chi connectivity index (χ1v) is 6.83. The van der Waals surface area contributed by atoms with E-state index in [-0.39, 0.29) is 17.9 Å². The lowest BCUT2D eigenvalue weighted by molar-refractivity contribution is 0.270. The largest absolute Gasteiger partial charge is 0.496 e. The van der Waals surface area contributed by atoms with E-state index in [2.05, 4.69) is 15.9 Å². The van der Waals surface area contributed by atoms with Crippen molar-refractivity contribution in [3.8, 4) is 17.2 Å². The minimum absolute atomic E-state index is 0.0135. The predicted octanol–water partition coefficient (Wildman–Crippen LogP) is 4.32. The van der Waals surface area contributed by atoms with Crippen molar-refractivity contribution in [1.29, 1.82) is 0 Å². The molecular formula is C15H13BrF2O3. The molecule has 0 saturated carbocycles. The Balaban J connectivity index is 2.28. The van der Waals surface area contributed by atoms with Gasteiger partial charge in [-0.2, -0.15) is 0 Å². The SMILES string of the molecule is COc1ccc(Br)cc1OCc1c(OC)ccc(F)c1F. The maximum absolute atomic E-state index is 13.8. The van der Waals surface area contributed by atoms with Crippen LogP contribution in [0.5, 0.6) is 17.2 Å². The number of ether oxygens (including phenoxy) is 3. The Hall–Kier alpha value is -1.82. The maximum Gasteiger partial charge on any atom is 0.169 e. The van der Waals surface area contributed by atoms with Crippen LogP contribution >= 0.6 is 15.9 Å². The zero-order valence-corrected chi connectivity index (χ0v) is 13.0. The fraction of sp³-hybridized carbons (Fsp3) is 0.200. The summed E-state index contributed by atoms with van der Waals surface area (Å²) in [6, 6.07) is 7.54. The van der Waals surface area contributed by atoms with Crippen LogP contribution in [0.4, 0.5) is 8.78 Å². The first-order chi connectivity index (χ1) is 10.1. The highest BCUT2D eigenvalue weighted by molar-refractivity contribution is 9.10. The minimum Gasteiger partial charge on any atom is -0.496 e. The van der Waals surface area contributed by atoms with Gasteiger partial charge in [0.1, 0.15) is 12.4 Å². The molecule has 0 heterocycles. The number of rotatable bonds is 5. The molecule has 0 amide bonds. The van der Waals surface area contributed by atoms with Crippen LogP contribution in [0.15, 0.2) is 34.8 Å². The van der Waals surface area contributed by atoms with Crippen LogP contribution in [0.25, 0.3) is 0 Å². The summed E-state index contributed by atoms with van der Waals surface area (Å²) in [5, 5.41) is 0. The third-order valence-electron chi connectivity index (χ3n) is 2.87. The van der Waals surface area contributed by atoms with E-state index in [0.717, 1.165) is 10.5 Å². The molecule has 2 rings (SSSR count). The van der Waals surface area contributed by atoms with Gasteiger partial charge >= 0.3 is 0 Å². The van der Waals surface area contributed by atoms with Gasteiger partial charge in [0, 0.05) is 4.47 Å². The highest BCUT2D eigenvalue weighted by Gasteiger charge is 2.16.